The van der Waals surface area contributed by atoms with Gasteiger partial charge in [-0.25, -0.2) is 8.42 Å². The molecule has 1 heterocycles. The summed E-state index contributed by atoms with van der Waals surface area (Å²) in [6.07, 6.45) is 0. The third-order valence-electron chi connectivity index (χ3n) is 3.67. The van der Waals surface area contributed by atoms with E-state index in [1.807, 2.05) is 14.0 Å². The number of nitrogens with zero attached hydrogens (tertiary/aromatic N) is 3. The van der Waals surface area contributed by atoms with Crippen LogP contribution in [0.1, 0.15) is 6.92 Å². The number of benzene rings is 1. The Hall–Kier alpha value is -1.22. The SMILES string of the molecule is CC1CN(S(=O)(=O)c2cc([N+](=O)[O-])ccc2Cl)CCN1C. The molecule has 7 nitrogen and oxygen atoms in total. The molecule has 0 N–H and O–H groups in total. The lowest BCUT2D eigenvalue weighted by atomic mass is 10.2. The minimum absolute atomic E-state index is 0.00724. The van der Waals surface area contributed by atoms with Crippen LogP contribution in [-0.2, 0) is 10.0 Å². The van der Waals surface area contributed by atoms with E-state index in [4.69, 9.17) is 11.6 Å². The summed E-state index contributed by atoms with van der Waals surface area (Å²) in [6, 6.07) is 3.52. The lowest BCUT2D eigenvalue weighted by Gasteiger charge is -2.36. The Labute approximate surface area is 128 Å². The summed E-state index contributed by atoms with van der Waals surface area (Å²) in [5.41, 5.74) is -0.292. The highest BCUT2D eigenvalue weighted by molar-refractivity contribution is 7.89. The van der Waals surface area contributed by atoms with Gasteiger partial charge in [0.05, 0.1) is 9.95 Å². The Morgan fingerprint density at radius 2 is 2.05 bits per heavy atom. The highest BCUT2D eigenvalue weighted by Crippen LogP contribution is 2.29. The molecule has 0 bridgehead atoms. The molecule has 1 aliphatic rings. The highest BCUT2D eigenvalue weighted by Gasteiger charge is 2.33. The van der Waals surface area contributed by atoms with Crippen LogP contribution in [0.4, 0.5) is 5.69 Å². The number of piperazine rings is 1. The van der Waals surface area contributed by atoms with Gasteiger partial charge < -0.3 is 4.90 Å². The van der Waals surface area contributed by atoms with Crippen LogP contribution in [0.5, 0.6) is 0 Å². The summed E-state index contributed by atoms with van der Waals surface area (Å²) in [5, 5.41) is 10.8. The van der Waals surface area contributed by atoms with Crippen LogP contribution >= 0.6 is 11.6 Å². The quantitative estimate of drug-likeness (QED) is 0.619. The Morgan fingerprint density at radius 3 is 2.62 bits per heavy atom. The maximum absolute atomic E-state index is 12.6. The molecular weight excluding hydrogens is 318 g/mol. The second-order valence-electron chi connectivity index (χ2n) is 5.06. The van der Waals surface area contributed by atoms with Gasteiger partial charge in [0, 0.05) is 37.8 Å². The highest BCUT2D eigenvalue weighted by atomic mass is 35.5. The number of rotatable bonds is 3. The maximum atomic E-state index is 12.6. The van der Waals surface area contributed by atoms with E-state index in [0.717, 1.165) is 6.07 Å². The molecule has 21 heavy (non-hydrogen) atoms. The molecule has 0 amide bonds. The van der Waals surface area contributed by atoms with E-state index in [1.54, 1.807) is 0 Å². The minimum Gasteiger partial charge on any atom is -0.301 e. The number of halogens is 1. The molecule has 1 saturated heterocycles. The summed E-state index contributed by atoms with van der Waals surface area (Å²) in [7, 11) is -1.91. The molecule has 0 aromatic heterocycles. The van der Waals surface area contributed by atoms with Crippen molar-refractivity contribution in [3.63, 3.8) is 0 Å². The second kappa shape index (κ2) is 5.88. The zero-order chi connectivity index (χ0) is 15.8. The van der Waals surface area contributed by atoms with Gasteiger partial charge in [-0.15, -0.1) is 0 Å². The van der Waals surface area contributed by atoms with Crippen LogP contribution in [0.25, 0.3) is 0 Å². The van der Waals surface area contributed by atoms with Crippen LogP contribution in [-0.4, -0.2) is 55.3 Å². The smallest absolute Gasteiger partial charge is 0.270 e. The van der Waals surface area contributed by atoms with Crippen molar-refractivity contribution in [1.82, 2.24) is 9.21 Å². The number of sulfonamides is 1. The number of hydrogen-bond acceptors (Lipinski definition) is 5. The predicted molar refractivity (Wildman–Crippen MR) is 79.0 cm³/mol. The number of nitro benzene ring substituents is 1. The molecule has 0 saturated carbocycles. The molecule has 1 aromatic rings. The molecule has 0 aliphatic carbocycles. The van der Waals surface area contributed by atoms with Crippen LogP contribution in [0.2, 0.25) is 5.02 Å². The van der Waals surface area contributed by atoms with Crippen molar-refractivity contribution >= 4 is 27.3 Å². The fourth-order valence-electron chi connectivity index (χ4n) is 2.18. The predicted octanol–water partition coefficient (Wildman–Crippen LogP) is 1.57. The van der Waals surface area contributed by atoms with E-state index in [0.29, 0.717) is 19.6 Å². The van der Waals surface area contributed by atoms with Gasteiger partial charge in [-0.3, -0.25) is 10.1 Å². The first-order valence-electron chi connectivity index (χ1n) is 6.38. The number of hydrogen-bond donors (Lipinski definition) is 0. The summed E-state index contributed by atoms with van der Waals surface area (Å²) < 4.78 is 26.6. The zero-order valence-electron chi connectivity index (χ0n) is 11.7. The van der Waals surface area contributed by atoms with E-state index in [-0.39, 0.29) is 21.6 Å². The van der Waals surface area contributed by atoms with Gasteiger partial charge in [0.2, 0.25) is 10.0 Å². The van der Waals surface area contributed by atoms with E-state index >= 15 is 0 Å². The maximum Gasteiger partial charge on any atom is 0.270 e. The zero-order valence-corrected chi connectivity index (χ0v) is 13.3. The van der Waals surface area contributed by atoms with Crippen molar-refractivity contribution in [3.05, 3.63) is 33.3 Å². The number of likely N-dealkylation sites (N-methyl/N-ethyl adjacent to an activating group) is 1. The lowest BCUT2D eigenvalue weighted by Crippen LogP contribution is -2.51. The molecule has 1 atom stereocenters. The van der Waals surface area contributed by atoms with Gasteiger partial charge in [0.1, 0.15) is 4.90 Å². The van der Waals surface area contributed by atoms with E-state index in [1.165, 1.54) is 16.4 Å². The summed E-state index contributed by atoms with van der Waals surface area (Å²) in [6.45, 7) is 3.20. The lowest BCUT2D eigenvalue weighted by molar-refractivity contribution is -0.385. The van der Waals surface area contributed by atoms with Gasteiger partial charge in [-0.1, -0.05) is 11.6 Å². The topological polar surface area (TPSA) is 83.8 Å². The van der Waals surface area contributed by atoms with Gasteiger partial charge in [-0.05, 0) is 20.0 Å². The van der Waals surface area contributed by atoms with Crippen LogP contribution in [0.15, 0.2) is 23.1 Å². The molecule has 1 aliphatic heterocycles. The van der Waals surface area contributed by atoms with E-state index in [2.05, 4.69) is 4.90 Å². The summed E-state index contributed by atoms with van der Waals surface area (Å²) in [5.74, 6) is 0. The number of non-ortho nitro benzene ring substituents is 1. The van der Waals surface area contributed by atoms with Crippen molar-refractivity contribution < 1.29 is 13.3 Å². The Balaban J connectivity index is 2.40. The number of nitro groups is 1. The first-order valence-corrected chi connectivity index (χ1v) is 8.19. The molecule has 1 fully saturated rings. The van der Waals surface area contributed by atoms with Gasteiger partial charge in [0.15, 0.2) is 0 Å². The van der Waals surface area contributed by atoms with Crippen molar-refractivity contribution in [2.24, 2.45) is 0 Å². The largest absolute Gasteiger partial charge is 0.301 e. The van der Waals surface area contributed by atoms with Crippen LogP contribution in [0.3, 0.4) is 0 Å². The second-order valence-corrected chi connectivity index (χ2v) is 7.38. The fraction of sp³-hybridized carbons (Fsp3) is 0.500. The Bertz CT molecular complexity index is 664. The van der Waals surface area contributed by atoms with Crippen molar-refractivity contribution in [1.29, 1.82) is 0 Å². The van der Waals surface area contributed by atoms with E-state index in [9.17, 15) is 18.5 Å². The Morgan fingerprint density at radius 1 is 1.38 bits per heavy atom. The third-order valence-corrected chi connectivity index (χ3v) is 6.01. The minimum atomic E-state index is -3.83. The summed E-state index contributed by atoms with van der Waals surface area (Å²) in [4.78, 5) is 12.0. The molecule has 9 heteroatoms. The van der Waals surface area contributed by atoms with Crippen molar-refractivity contribution in [2.75, 3.05) is 26.7 Å². The van der Waals surface area contributed by atoms with Crippen molar-refractivity contribution in [2.45, 2.75) is 17.9 Å². The van der Waals surface area contributed by atoms with E-state index < -0.39 is 14.9 Å². The standard InChI is InChI=1S/C12H16ClN3O4S/c1-9-8-15(6-5-14(9)2)21(19,20)12-7-10(16(17)18)3-4-11(12)13/h3-4,7,9H,5-6,8H2,1-2H3. The molecule has 0 spiro atoms. The molecule has 2 rings (SSSR count). The molecular formula is C12H16ClN3O4S. The average Bonchev–Trinajstić information content (AvgIpc) is 2.41. The molecule has 1 unspecified atom stereocenters. The summed E-state index contributed by atoms with van der Waals surface area (Å²) >= 11 is 5.93. The third kappa shape index (κ3) is 3.18. The van der Waals surface area contributed by atoms with Gasteiger partial charge in [0.25, 0.3) is 5.69 Å². The Kier molecular flexibility index (Phi) is 4.52. The van der Waals surface area contributed by atoms with Crippen molar-refractivity contribution in [3.8, 4) is 0 Å². The fourth-order valence-corrected chi connectivity index (χ4v) is 4.18. The van der Waals surface area contributed by atoms with Gasteiger partial charge >= 0.3 is 0 Å². The molecule has 116 valence electrons. The normalized spacial score (nSPS) is 21.4. The monoisotopic (exact) mass is 333 g/mol. The van der Waals surface area contributed by atoms with Gasteiger partial charge in [-0.2, -0.15) is 4.31 Å². The first kappa shape index (κ1) is 16.2. The van der Waals surface area contributed by atoms with Crippen LogP contribution < -0.4 is 0 Å². The molecule has 0 radical (unpaired) electrons. The van der Waals surface area contributed by atoms with Crippen LogP contribution in [0, 0.1) is 10.1 Å². The first-order chi connectivity index (χ1) is 9.73. The average molecular weight is 334 g/mol. The molecule has 1 aromatic carbocycles.